The number of nitrogens with one attached hydrogen (secondary N) is 1. The maximum absolute atomic E-state index is 9.63. The Bertz CT molecular complexity index is 198. The maximum Gasteiger partial charge on any atom is 0.126 e. The number of allylic oxidation sites excluding steroid dienone is 2. The largest absolute Gasteiger partial charge is 0.374 e. The van der Waals surface area contributed by atoms with Crippen LogP contribution in [0.15, 0.2) is 11.8 Å². The average Bonchev–Trinajstić information content (AvgIpc) is 2.08. The Morgan fingerprint density at radius 2 is 2.15 bits per heavy atom. The molecule has 2 heteroatoms. The van der Waals surface area contributed by atoms with Gasteiger partial charge in [-0.3, -0.25) is 0 Å². The first-order valence-electron chi connectivity index (χ1n) is 5.17. The lowest BCUT2D eigenvalue weighted by molar-refractivity contribution is 0.0498. The van der Waals surface area contributed by atoms with Crippen LogP contribution < -0.4 is 5.32 Å². The molecule has 0 bridgehead atoms. The minimum atomic E-state index is -0.360. The van der Waals surface area contributed by atoms with E-state index in [-0.39, 0.29) is 6.23 Å². The van der Waals surface area contributed by atoms with Gasteiger partial charge in [0.25, 0.3) is 0 Å². The summed E-state index contributed by atoms with van der Waals surface area (Å²) in [5, 5.41) is 12.8. The molecule has 3 atom stereocenters. The van der Waals surface area contributed by atoms with Gasteiger partial charge in [-0.2, -0.15) is 0 Å². The maximum atomic E-state index is 9.63. The van der Waals surface area contributed by atoms with Crippen LogP contribution in [0.4, 0.5) is 0 Å². The fourth-order valence-corrected chi connectivity index (χ4v) is 2.01. The number of aliphatic hydroxyl groups is 1. The second kappa shape index (κ2) is 4.14. The Morgan fingerprint density at radius 1 is 1.54 bits per heavy atom. The molecule has 1 aliphatic heterocycles. The third kappa shape index (κ3) is 2.25. The van der Waals surface area contributed by atoms with Crippen molar-refractivity contribution in [3.8, 4) is 0 Å². The third-order valence-corrected chi connectivity index (χ3v) is 2.99. The van der Waals surface area contributed by atoms with Crippen molar-refractivity contribution in [2.24, 2.45) is 17.8 Å². The second-order valence-electron chi connectivity index (χ2n) is 4.40. The number of hydrogen-bond acceptors (Lipinski definition) is 2. The molecule has 2 nitrogen and oxygen atoms in total. The molecule has 1 saturated heterocycles. The third-order valence-electron chi connectivity index (χ3n) is 2.99. The van der Waals surface area contributed by atoms with Crippen molar-refractivity contribution in [2.45, 2.75) is 40.3 Å². The summed E-state index contributed by atoms with van der Waals surface area (Å²) in [7, 11) is 0. The van der Waals surface area contributed by atoms with E-state index in [4.69, 9.17) is 0 Å². The van der Waals surface area contributed by atoms with Crippen LogP contribution in [0.1, 0.15) is 34.1 Å². The van der Waals surface area contributed by atoms with E-state index in [0.29, 0.717) is 17.8 Å². The molecule has 2 N–H and O–H groups in total. The number of rotatable bonds is 1. The molecule has 0 aliphatic carbocycles. The van der Waals surface area contributed by atoms with Gasteiger partial charge in [-0.25, -0.2) is 0 Å². The first-order valence-corrected chi connectivity index (χ1v) is 5.17. The summed E-state index contributed by atoms with van der Waals surface area (Å²) in [6.45, 7) is 8.60. The molecule has 0 saturated carbocycles. The molecule has 0 aromatic carbocycles. The summed E-state index contributed by atoms with van der Waals surface area (Å²) in [4.78, 5) is 0. The molecule has 1 unspecified atom stereocenters. The van der Waals surface area contributed by atoms with E-state index < -0.39 is 0 Å². The molecule has 76 valence electrons. The molecule has 0 aromatic heterocycles. The van der Waals surface area contributed by atoms with Gasteiger partial charge < -0.3 is 10.4 Å². The minimum Gasteiger partial charge on any atom is -0.374 e. The van der Waals surface area contributed by atoms with Crippen LogP contribution in [-0.2, 0) is 0 Å². The Labute approximate surface area is 81.0 Å². The monoisotopic (exact) mass is 183 g/mol. The summed E-state index contributed by atoms with van der Waals surface area (Å²) >= 11 is 0. The highest BCUT2D eigenvalue weighted by Crippen LogP contribution is 2.31. The Morgan fingerprint density at radius 3 is 2.62 bits per heavy atom. The topological polar surface area (TPSA) is 32.3 Å². The van der Waals surface area contributed by atoms with Gasteiger partial charge in [0.2, 0.25) is 0 Å². The van der Waals surface area contributed by atoms with E-state index in [9.17, 15) is 5.11 Å². The van der Waals surface area contributed by atoms with Gasteiger partial charge in [-0.1, -0.05) is 26.8 Å². The Balaban J connectivity index is 2.73. The van der Waals surface area contributed by atoms with E-state index in [2.05, 4.69) is 32.2 Å². The zero-order valence-electron chi connectivity index (χ0n) is 9.04. The van der Waals surface area contributed by atoms with Crippen molar-refractivity contribution < 1.29 is 5.11 Å². The number of piperidine rings is 1. The smallest absolute Gasteiger partial charge is 0.126 e. The Hall–Kier alpha value is -0.500. The molecule has 1 heterocycles. The zero-order valence-corrected chi connectivity index (χ0v) is 9.04. The lowest BCUT2D eigenvalue weighted by atomic mass is 9.80. The van der Waals surface area contributed by atoms with Gasteiger partial charge in [0.1, 0.15) is 6.23 Å². The van der Waals surface area contributed by atoms with E-state index in [1.807, 2.05) is 6.92 Å². The van der Waals surface area contributed by atoms with Crippen molar-refractivity contribution in [2.75, 3.05) is 0 Å². The zero-order chi connectivity index (χ0) is 10.0. The first-order chi connectivity index (χ1) is 6.06. The summed E-state index contributed by atoms with van der Waals surface area (Å²) in [5.74, 6) is 1.59. The standard InChI is InChI=1S/C11H21NO/c1-5-10-9(7(2)3)6-8(4)11(13)12-10/h5,7-9,11-13H,6H2,1-4H3/b10-5+/t8-,9+,11?/m0/s1. The fraction of sp³-hybridized carbons (Fsp3) is 0.818. The van der Waals surface area contributed by atoms with Crippen molar-refractivity contribution in [3.63, 3.8) is 0 Å². The van der Waals surface area contributed by atoms with Gasteiger partial charge in [0.05, 0.1) is 0 Å². The van der Waals surface area contributed by atoms with Gasteiger partial charge >= 0.3 is 0 Å². The van der Waals surface area contributed by atoms with E-state index in [1.54, 1.807) is 0 Å². The van der Waals surface area contributed by atoms with Gasteiger partial charge in [-0.15, -0.1) is 0 Å². The molecule has 0 radical (unpaired) electrons. The van der Waals surface area contributed by atoms with Crippen molar-refractivity contribution in [1.29, 1.82) is 0 Å². The van der Waals surface area contributed by atoms with E-state index >= 15 is 0 Å². The van der Waals surface area contributed by atoms with Crippen molar-refractivity contribution >= 4 is 0 Å². The highest BCUT2D eigenvalue weighted by atomic mass is 16.3. The van der Waals surface area contributed by atoms with Crippen LogP contribution in [0.25, 0.3) is 0 Å². The molecule has 1 aliphatic rings. The molecule has 13 heavy (non-hydrogen) atoms. The van der Waals surface area contributed by atoms with Crippen LogP contribution in [0, 0.1) is 17.8 Å². The summed E-state index contributed by atoms with van der Waals surface area (Å²) in [5.41, 5.74) is 1.21. The Kier molecular flexibility index (Phi) is 3.37. The highest BCUT2D eigenvalue weighted by Gasteiger charge is 2.30. The summed E-state index contributed by atoms with van der Waals surface area (Å²) in [6.07, 6.45) is 2.81. The quantitative estimate of drug-likeness (QED) is 0.652. The van der Waals surface area contributed by atoms with E-state index in [0.717, 1.165) is 6.42 Å². The molecular formula is C11H21NO. The van der Waals surface area contributed by atoms with Crippen LogP contribution in [0.3, 0.4) is 0 Å². The summed E-state index contributed by atoms with van der Waals surface area (Å²) in [6, 6.07) is 0. The predicted octanol–water partition coefficient (Wildman–Crippen LogP) is 2.11. The average molecular weight is 183 g/mol. The van der Waals surface area contributed by atoms with Crippen molar-refractivity contribution in [1.82, 2.24) is 5.32 Å². The van der Waals surface area contributed by atoms with E-state index in [1.165, 1.54) is 5.70 Å². The van der Waals surface area contributed by atoms with Gasteiger partial charge in [0, 0.05) is 17.5 Å². The molecule has 0 spiro atoms. The molecule has 0 amide bonds. The van der Waals surface area contributed by atoms with Crippen LogP contribution in [-0.4, -0.2) is 11.3 Å². The van der Waals surface area contributed by atoms with Crippen LogP contribution >= 0.6 is 0 Å². The SMILES string of the molecule is C/C=C1/NC(O)[C@@H](C)C[C@@H]1C(C)C. The van der Waals surface area contributed by atoms with Gasteiger partial charge in [0.15, 0.2) is 0 Å². The number of aliphatic hydroxyl groups excluding tert-OH is 1. The highest BCUT2D eigenvalue weighted by molar-refractivity contribution is 5.08. The lowest BCUT2D eigenvalue weighted by Crippen LogP contribution is -2.43. The van der Waals surface area contributed by atoms with Gasteiger partial charge in [-0.05, 0) is 19.3 Å². The summed E-state index contributed by atoms with van der Waals surface area (Å²) < 4.78 is 0. The fourth-order valence-electron chi connectivity index (χ4n) is 2.01. The lowest BCUT2D eigenvalue weighted by Gasteiger charge is -2.37. The molecule has 1 rings (SSSR count). The van der Waals surface area contributed by atoms with Crippen LogP contribution in [0.2, 0.25) is 0 Å². The predicted molar refractivity (Wildman–Crippen MR) is 55.0 cm³/mol. The number of hydrogen-bond donors (Lipinski definition) is 2. The molecular weight excluding hydrogens is 162 g/mol. The normalized spacial score (nSPS) is 38.0. The molecule has 0 aromatic rings. The molecule has 1 fully saturated rings. The second-order valence-corrected chi connectivity index (χ2v) is 4.40. The van der Waals surface area contributed by atoms with Crippen molar-refractivity contribution in [3.05, 3.63) is 11.8 Å². The first kappa shape index (κ1) is 10.6. The van der Waals surface area contributed by atoms with Crippen LogP contribution in [0.5, 0.6) is 0 Å². The minimum absolute atomic E-state index is 0.357.